The minimum atomic E-state index is -0.280. The second-order valence-corrected chi connectivity index (χ2v) is 4.11. The number of hydrogen-bond donors (Lipinski definition) is 2. The van der Waals surface area contributed by atoms with Crippen LogP contribution in [0.15, 0.2) is 15.6 Å². The fraction of sp³-hybridized carbons (Fsp3) is 0.500. The molecule has 0 unspecified atom stereocenters. The van der Waals surface area contributed by atoms with Crippen molar-refractivity contribution in [1.82, 2.24) is 14.9 Å². The number of aromatic amines is 1. The molecule has 1 rings (SSSR count). The number of nitrogens with zero attached hydrogens (tertiary/aromatic N) is 2. The molecule has 1 heterocycles. The van der Waals surface area contributed by atoms with E-state index in [0.29, 0.717) is 23.4 Å². The van der Waals surface area contributed by atoms with E-state index in [4.69, 9.17) is 0 Å². The summed E-state index contributed by atoms with van der Waals surface area (Å²) in [5.41, 5.74) is -0.280. The first kappa shape index (κ1) is 13.7. The average molecular weight is 303 g/mol. The lowest BCUT2D eigenvalue weighted by atomic mass is 10.4. The minimum Gasteiger partial charge on any atom is -0.360 e. The summed E-state index contributed by atoms with van der Waals surface area (Å²) in [6.07, 6.45) is 1.29. The largest absolute Gasteiger partial charge is 0.360 e. The van der Waals surface area contributed by atoms with Gasteiger partial charge in [-0.1, -0.05) is 0 Å². The van der Waals surface area contributed by atoms with Gasteiger partial charge in [0.2, 0.25) is 5.91 Å². The quantitative estimate of drug-likeness (QED) is 0.844. The lowest BCUT2D eigenvalue weighted by Crippen LogP contribution is -2.35. The number of hydrogen-bond acceptors (Lipinski definition) is 4. The average Bonchev–Trinajstić information content (AvgIpc) is 2.32. The van der Waals surface area contributed by atoms with E-state index in [1.807, 2.05) is 13.8 Å². The summed E-state index contributed by atoms with van der Waals surface area (Å²) in [5, 5.41) is 2.83. The molecule has 17 heavy (non-hydrogen) atoms. The van der Waals surface area contributed by atoms with Crippen LogP contribution in [0.5, 0.6) is 0 Å². The number of aromatic nitrogens is 2. The lowest BCUT2D eigenvalue weighted by Gasteiger charge is -2.18. The van der Waals surface area contributed by atoms with Gasteiger partial charge in [-0.2, -0.15) is 0 Å². The van der Waals surface area contributed by atoms with E-state index < -0.39 is 0 Å². The number of nitrogens with one attached hydrogen (secondary N) is 2. The zero-order valence-electron chi connectivity index (χ0n) is 9.79. The van der Waals surface area contributed by atoms with Crippen molar-refractivity contribution < 1.29 is 4.79 Å². The number of rotatable bonds is 5. The Hall–Kier alpha value is -1.37. The molecule has 0 saturated heterocycles. The highest BCUT2D eigenvalue weighted by Gasteiger charge is 2.11. The predicted molar refractivity (Wildman–Crippen MR) is 69.0 cm³/mol. The molecule has 6 nitrogen and oxygen atoms in total. The maximum absolute atomic E-state index is 11.7. The summed E-state index contributed by atoms with van der Waals surface area (Å²) >= 11 is 3.11. The molecule has 7 heteroatoms. The summed E-state index contributed by atoms with van der Waals surface area (Å²) in [7, 11) is 0. The Balaban J connectivity index is 2.65. The molecule has 0 aromatic carbocycles. The third-order valence-corrected chi connectivity index (χ3v) is 3.06. The molecule has 0 aliphatic rings. The lowest BCUT2D eigenvalue weighted by molar-refractivity contribution is -0.128. The standard InChI is InChI=1S/C10H15BrN4O2/c1-3-15(4-2)7(16)5-12-9-8(11)10(17)14-6-13-9/h6H,3-5H2,1-2H3,(H2,12,13,14,17). The Kier molecular flexibility index (Phi) is 5.14. The number of halogens is 1. The molecule has 0 aliphatic carbocycles. The van der Waals surface area contributed by atoms with Gasteiger partial charge in [-0.25, -0.2) is 4.98 Å². The summed E-state index contributed by atoms with van der Waals surface area (Å²) in [6.45, 7) is 5.30. The van der Waals surface area contributed by atoms with Crippen LogP contribution in [-0.2, 0) is 4.79 Å². The Morgan fingerprint density at radius 1 is 1.53 bits per heavy atom. The van der Waals surface area contributed by atoms with Gasteiger partial charge in [0.25, 0.3) is 5.56 Å². The maximum atomic E-state index is 11.7. The Morgan fingerprint density at radius 3 is 2.76 bits per heavy atom. The second kappa shape index (κ2) is 6.39. The highest BCUT2D eigenvalue weighted by molar-refractivity contribution is 9.10. The number of likely N-dealkylation sites (N-methyl/N-ethyl adjacent to an activating group) is 1. The van der Waals surface area contributed by atoms with Crippen LogP contribution in [0.2, 0.25) is 0 Å². The van der Waals surface area contributed by atoms with Crippen LogP contribution in [0.1, 0.15) is 13.8 Å². The Labute approximate surface area is 108 Å². The molecular formula is C10H15BrN4O2. The minimum absolute atomic E-state index is 0.0241. The first-order valence-electron chi connectivity index (χ1n) is 5.35. The third-order valence-electron chi connectivity index (χ3n) is 2.32. The molecular weight excluding hydrogens is 288 g/mol. The van der Waals surface area contributed by atoms with E-state index in [1.54, 1.807) is 4.90 Å². The summed E-state index contributed by atoms with van der Waals surface area (Å²) < 4.78 is 0.298. The molecule has 0 bridgehead atoms. The first-order valence-corrected chi connectivity index (χ1v) is 6.14. The normalized spacial score (nSPS) is 10.1. The van der Waals surface area contributed by atoms with Crippen molar-refractivity contribution in [2.45, 2.75) is 13.8 Å². The fourth-order valence-electron chi connectivity index (χ4n) is 1.35. The highest BCUT2D eigenvalue weighted by atomic mass is 79.9. The van der Waals surface area contributed by atoms with Crippen LogP contribution in [0, 0.1) is 0 Å². The van der Waals surface area contributed by atoms with E-state index in [2.05, 4.69) is 31.2 Å². The van der Waals surface area contributed by atoms with E-state index in [-0.39, 0.29) is 18.0 Å². The van der Waals surface area contributed by atoms with Crippen molar-refractivity contribution >= 4 is 27.7 Å². The van der Waals surface area contributed by atoms with Crippen LogP contribution in [0.4, 0.5) is 5.82 Å². The van der Waals surface area contributed by atoms with Crippen LogP contribution in [0.25, 0.3) is 0 Å². The van der Waals surface area contributed by atoms with Crippen molar-refractivity contribution in [3.05, 3.63) is 21.2 Å². The predicted octanol–water partition coefficient (Wildman–Crippen LogP) is 0.813. The Morgan fingerprint density at radius 2 is 2.18 bits per heavy atom. The number of H-pyrrole nitrogens is 1. The second-order valence-electron chi connectivity index (χ2n) is 3.31. The van der Waals surface area contributed by atoms with Gasteiger partial charge in [0.05, 0.1) is 12.9 Å². The van der Waals surface area contributed by atoms with Gasteiger partial charge in [-0.3, -0.25) is 9.59 Å². The fourth-order valence-corrected chi connectivity index (χ4v) is 1.71. The molecule has 0 spiro atoms. The first-order chi connectivity index (χ1) is 8.10. The molecule has 1 aromatic rings. The molecule has 0 fully saturated rings. The number of amides is 1. The molecule has 0 saturated carbocycles. The molecule has 0 aliphatic heterocycles. The van der Waals surface area contributed by atoms with Gasteiger partial charge in [0, 0.05) is 13.1 Å². The third kappa shape index (κ3) is 3.55. The van der Waals surface area contributed by atoms with Crippen molar-refractivity contribution in [3.63, 3.8) is 0 Å². The van der Waals surface area contributed by atoms with Crippen molar-refractivity contribution in [1.29, 1.82) is 0 Å². The topological polar surface area (TPSA) is 78.1 Å². The van der Waals surface area contributed by atoms with Crippen LogP contribution in [-0.4, -0.2) is 40.4 Å². The monoisotopic (exact) mass is 302 g/mol. The summed E-state index contributed by atoms with van der Waals surface area (Å²) in [5.74, 6) is 0.346. The van der Waals surface area contributed by atoms with E-state index in [1.165, 1.54) is 6.33 Å². The van der Waals surface area contributed by atoms with Gasteiger partial charge in [0.1, 0.15) is 10.3 Å². The van der Waals surface area contributed by atoms with Crippen LogP contribution >= 0.6 is 15.9 Å². The number of carbonyl (C=O) groups is 1. The van der Waals surface area contributed by atoms with Crippen molar-refractivity contribution in [2.24, 2.45) is 0 Å². The zero-order chi connectivity index (χ0) is 12.8. The van der Waals surface area contributed by atoms with E-state index in [0.717, 1.165) is 0 Å². The molecule has 1 aromatic heterocycles. The van der Waals surface area contributed by atoms with Crippen molar-refractivity contribution in [3.8, 4) is 0 Å². The molecule has 1 amide bonds. The number of anilines is 1. The van der Waals surface area contributed by atoms with Crippen LogP contribution in [0.3, 0.4) is 0 Å². The van der Waals surface area contributed by atoms with Gasteiger partial charge in [-0.15, -0.1) is 0 Å². The summed E-state index contributed by atoms with van der Waals surface area (Å²) in [6, 6.07) is 0. The van der Waals surface area contributed by atoms with E-state index >= 15 is 0 Å². The maximum Gasteiger partial charge on any atom is 0.267 e. The molecule has 0 atom stereocenters. The SMILES string of the molecule is CCN(CC)C(=O)CNc1nc[nH]c(=O)c1Br. The highest BCUT2D eigenvalue weighted by Crippen LogP contribution is 2.12. The van der Waals surface area contributed by atoms with Crippen LogP contribution < -0.4 is 10.9 Å². The van der Waals surface area contributed by atoms with Crippen molar-refractivity contribution in [2.75, 3.05) is 25.0 Å². The molecule has 2 N–H and O–H groups in total. The number of carbonyl (C=O) groups excluding carboxylic acids is 1. The molecule has 94 valence electrons. The zero-order valence-corrected chi connectivity index (χ0v) is 11.4. The Bertz CT molecular complexity index is 442. The summed E-state index contributed by atoms with van der Waals surface area (Å²) in [4.78, 5) is 31.0. The van der Waals surface area contributed by atoms with Gasteiger partial charge < -0.3 is 15.2 Å². The smallest absolute Gasteiger partial charge is 0.267 e. The molecule has 0 radical (unpaired) electrons. The van der Waals surface area contributed by atoms with Gasteiger partial charge in [-0.05, 0) is 29.8 Å². The van der Waals surface area contributed by atoms with E-state index in [9.17, 15) is 9.59 Å². The van der Waals surface area contributed by atoms with Gasteiger partial charge >= 0.3 is 0 Å². The van der Waals surface area contributed by atoms with Gasteiger partial charge in [0.15, 0.2) is 0 Å².